The zero-order chi connectivity index (χ0) is 21.1. The third-order valence-corrected chi connectivity index (χ3v) is 6.97. The molecule has 6 heteroatoms. The van der Waals surface area contributed by atoms with E-state index in [1.807, 2.05) is 29.7 Å². The summed E-state index contributed by atoms with van der Waals surface area (Å²) in [6.45, 7) is 2.00. The second kappa shape index (κ2) is 8.24. The number of aryl methyl sites for hydroxylation is 2. The molecule has 0 N–H and O–H groups in total. The van der Waals surface area contributed by atoms with Gasteiger partial charge in [0.15, 0.2) is 5.78 Å². The predicted octanol–water partition coefficient (Wildman–Crippen LogP) is 4.55. The van der Waals surface area contributed by atoms with Crippen molar-refractivity contribution < 1.29 is 13.2 Å². The van der Waals surface area contributed by atoms with Crippen molar-refractivity contribution in [1.29, 1.82) is 0 Å². The SMILES string of the molecule is CCc1cccc(S(=O)(=O)c2ccc(CCC(=O)c3ccc4nccn4c3)cc2)c1. The van der Waals surface area contributed by atoms with Gasteiger partial charge < -0.3 is 4.40 Å². The number of fused-ring (bicyclic) bond motifs is 1. The summed E-state index contributed by atoms with van der Waals surface area (Å²) in [7, 11) is -3.55. The van der Waals surface area contributed by atoms with E-state index in [0.29, 0.717) is 23.3 Å². The standard InChI is InChI=1S/C24H22N2O3S/c1-2-18-4-3-5-22(16-18)30(28,29)21-10-6-19(7-11-21)8-12-23(27)20-9-13-24-25-14-15-26(24)17-20/h3-7,9-11,13-17H,2,8,12H2,1H3. The minimum atomic E-state index is -3.55. The summed E-state index contributed by atoms with van der Waals surface area (Å²) in [5.41, 5.74) is 3.34. The van der Waals surface area contributed by atoms with E-state index in [2.05, 4.69) is 4.98 Å². The lowest BCUT2D eigenvalue weighted by Gasteiger charge is -2.08. The number of carbonyl (C=O) groups is 1. The number of sulfone groups is 1. The fourth-order valence-corrected chi connectivity index (χ4v) is 4.72. The zero-order valence-electron chi connectivity index (χ0n) is 16.7. The Morgan fingerprint density at radius 1 is 0.967 bits per heavy atom. The smallest absolute Gasteiger partial charge is 0.206 e. The molecule has 0 spiro atoms. The van der Waals surface area contributed by atoms with Crippen LogP contribution in [0.25, 0.3) is 5.65 Å². The topological polar surface area (TPSA) is 68.5 Å². The van der Waals surface area contributed by atoms with Gasteiger partial charge in [0, 0.05) is 30.6 Å². The van der Waals surface area contributed by atoms with Crippen LogP contribution < -0.4 is 0 Å². The molecule has 0 fully saturated rings. The number of benzene rings is 2. The number of hydrogen-bond acceptors (Lipinski definition) is 4. The predicted molar refractivity (Wildman–Crippen MR) is 116 cm³/mol. The number of pyridine rings is 1. The van der Waals surface area contributed by atoms with E-state index in [-0.39, 0.29) is 10.7 Å². The maximum absolute atomic E-state index is 12.9. The first-order chi connectivity index (χ1) is 14.5. The van der Waals surface area contributed by atoms with Crippen molar-refractivity contribution in [2.24, 2.45) is 0 Å². The van der Waals surface area contributed by atoms with Gasteiger partial charge in [-0.2, -0.15) is 0 Å². The summed E-state index contributed by atoms with van der Waals surface area (Å²) in [5.74, 6) is 0.0404. The van der Waals surface area contributed by atoms with Gasteiger partial charge in [0.05, 0.1) is 9.79 Å². The van der Waals surface area contributed by atoms with Crippen LogP contribution in [0.5, 0.6) is 0 Å². The fraction of sp³-hybridized carbons (Fsp3) is 0.167. The van der Waals surface area contributed by atoms with Crippen LogP contribution >= 0.6 is 0 Å². The van der Waals surface area contributed by atoms with Crippen LogP contribution in [0.15, 0.2) is 89.0 Å². The molecule has 0 saturated carbocycles. The van der Waals surface area contributed by atoms with Crippen molar-refractivity contribution in [2.75, 3.05) is 0 Å². The molecular weight excluding hydrogens is 396 g/mol. The molecule has 2 aromatic heterocycles. The van der Waals surface area contributed by atoms with Crippen molar-refractivity contribution >= 4 is 21.3 Å². The summed E-state index contributed by atoms with van der Waals surface area (Å²) >= 11 is 0. The summed E-state index contributed by atoms with van der Waals surface area (Å²) in [4.78, 5) is 17.3. The van der Waals surface area contributed by atoms with Crippen molar-refractivity contribution in [1.82, 2.24) is 9.38 Å². The van der Waals surface area contributed by atoms with Crippen molar-refractivity contribution in [2.45, 2.75) is 36.0 Å². The van der Waals surface area contributed by atoms with Crippen molar-refractivity contribution in [3.63, 3.8) is 0 Å². The van der Waals surface area contributed by atoms with Gasteiger partial charge in [0.1, 0.15) is 5.65 Å². The first-order valence-electron chi connectivity index (χ1n) is 9.86. The van der Waals surface area contributed by atoms with E-state index in [0.717, 1.165) is 23.2 Å². The molecule has 152 valence electrons. The molecule has 0 amide bonds. The van der Waals surface area contributed by atoms with E-state index in [4.69, 9.17) is 0 Å². The Bertz CT molecular complexity index is 1310. The van der Waals surface area contributed by atoms with Crippen LogP contribution in [-0.2, 0) is 22.7 Å². The van der Waals surface area contributed by atoms with E-state index < -0.39 is 9.84 Å². The van der Waals surface area contributed by atoms with Crippen LogP contribution in [0, 0.1) is 0 Å². The molecule has 2 heterocycles. The summed E-state index contributed by atoms with van der Waals surface area (Å²) in [5, 5.41) is 0. The third-order valence-electron chi connectivity index (χ3n) is 5.20. The second-order valence-electron chi connectivity index (χ2n) is 7.18. The minimum absolute atomic E-state index is 0.0404. The molecule has 4 rings (SSSR count). The lowest BCUT2D eigenvalue weighted by Crippen LogP contribution is -2.04. The highest BCUT2D eigenvalue weighted by atomic mass is 32.2. The monoisotopic (exact) mass is 418 g/mol. The molecule has 0 atom stereocenters. The molecule has 0 saturated heterocycles. The zero-order valence-corrected chi connectivity index (χ0v) is 17.5. The number of nitrogens with zero attached hydrogens (tertiary/aromatic N) is 2. The molecule has 0 aliphatic carbocycles. The quantitative estimate of drug-likeness (QED) is 0.413. The van der Waals surface area contributed by atoms with Gasteiger partial charge in [0.25, 0.3) is 0 Å². The molecule has 0 radical (unpaired) electrons. The lowest BCUT2D eigenvalue weighted by atomic mass is 10.0. The van der Waals surface area contributed by atoms with Crippen molar-refractivity contribution in [3.05, 3.63) is 95.9 Å². The summed E-state index contributed by atoms with van der Waals surface area (Å²) in [6.07, 6.45) is 6.96. The molecule has 5 nitrogen and oxygen atoms in total. The molecule has 0 bridgehead atoms. The van der Waals surface area contributed by atoms with Crippen LogP contribution in [0.4, 0.5) is 0 Å². The van der Waals surface area contributed by atoms with Gasteiger partial charge >= 0.3 is 0 Å². The molecule has 0 aliphatic rings. The van der Waals surface area contributed by atoms with E-state index >= 15 is 0 Å². The van der Waals surface area contributed by atoms with Gasteiger partial charge in [-0.25, -0.2) is 13.4 Å². The Kier molecular flexibility index (Phi) is 5.50. The summed E-state index contributed by atoms with van der Waals surface area (Å²) in [6, 6.07) is 17.4. The molecule has 4 aromatic rings. The number of aromatic nitrogens is 2. The number of carbonyl (C=O) groups excluding carboxylic acids is 1. The Hall–Kier alpha value is -3.25. The first-order valence-corrected chi connectivity index (χ1v) is 11.3. The minimum Gasteiger partial charge on any atom is -0.306 e. The van der Waals surface area contributed by atoms with Crippen LogP contribution in [0.2, 0.25) is 0 Å². The number of hydrogen-bond donors (Lipinski definition) is 0. The van der Waals surface area contributed by atoms with Crippen LogP contribution in [0.3, 0.4) is 0 Å². The molecular formula is C24H22N2O3S. The molecule has 0 aliphatic heterocycles. The van der Waals surface area contributed by atoms with E-state index in [1.165, 1.54) is 0 Å². The maximum atomic E-state index is 12.9. The van der Waals surface area contributed by atoms with Crippen LogP contribution in [-0.4, -0.2) is 23.6 Å². The van der Waals surface area contributed by atoms with Gasteiger partial charge in [-0.3, -0.25) is 4.79 Å². The van der Waals surface area contributed by atoms with Gasteiger partial charge in [-0.05, 0) is 60.4 Å². The van der Waals surface area contributed by atoms with Gasteiger partial charge in [-0.15, -0.1) is 0 Å². The van der Waals surface area contributed by atoms with E-state index in [1.54, 1.807) is 60.9 Å². The second-order valence-corrected chi connectivity index (χ2v) is 9.13. The number of rotatable bonds is 7. The molecule has 2 aromatic carbocycles. The average molecular weight is 419 g/mol. The lowest BCUT2D eigenvalue weighted by molar-refractivity contribution is 0.0982. The van der Waals surface area contributed by atoms with E-state index in [9.17, 15) is 13.2 Å². The Morgan fingerprint density at radius 3 is 2.53 bits per heavy atom. The highest BCUT2D eigenvalue weighted by molar-refractivity contribution is 7.91. The van der Waals surface area contributed by atoms with Crippen LogP contribution in [0.1, 0.15) is 34.8 Å². The molecule has 30 heavy (non-hydrogen) atoms. The highest BCUT2D eigenvalue weighted by Crippen LogP contribution is 2.23. The fourth-order valence-electron chi connectivity index (χ4n) is 3.39. The number of Topliss-reactive ketones (excluding diaryl/α,β-unsaturated/α-hetero) is 1. The Balaban J connectivity index is 1.46. The number of imidazole rings is 1. The molecule has 0 unspecified atom stereocenters. The Labute approximate surface area is 175 Å². The van der Waals surface area contributed by atoms with Gasteiger partial charge in [-0.1, -0.05) is 31.2 Å². The highest BCUT2D eigenvalue weighted by Gasteiger charge is 2.18. The number of ketones is 1. The summed E-state index contributed by atoms with van der Waals surface area (Å²) < 4.78 is 27.6. The average Bonchev–Trinajstić information content (AvgIpc) is 3.25. The van der Waals surface area contributed by atoms with Gasteiger partial charge in [0.2, 0.25) is 9.84 Å². The van der Waals surface area contributed by atoms with Crippen molar-refractivity contribution in [3.8, 4) is 0 Å². The first kappa shape index (κ1) is 20.0. The Morgan fingerprint density at radius 2 is 1.77 bits per heavy atom. The third kappa shape index (κ3) is 4.04. The largest absolute Gasteiger partial charge is 0.306 e. The maximum Gasteiger partial charge on any atom is 0.206 e. The normalized spacial score (nSPS) is 11.6.